The van der Waals surface area contributed by atoms with E-state index in [1.54, 1.807) is 0 Å². The van der Waals surface area contributed by atoms with Gasteiger partial charge in [0, 0.05) is 23.8 Å². The lowest BCUT2D eigenvalue weighted by atomic mass is 9.91. The van der Waals surface area contributed by atoms with Crippen LogP contribution in [0.1, 0.15) is 25.7 Å². The van der Waals surface area contributed by atoms with Crippen LogP contribution >= 0.6 is 0 Å². The fourth-order valence-electron chi connectivity index (χ4n) is 4.79. The molecule has 4 nitrogen and oxygen atoms in total. The molecule has 2 aromatic carbocycles. The van der Waals surface area contributed by atoms with E-state index in [0.29, 0.717) is 18.0 Å². The van der Waals surface area contributed by atoms with Gasteiger partial charge in [0.2, 0.25) is 5.95 Å². The van der Waals surface area contributed by atoms with E-state index in [4.69, 9.17) is 10.7 Å². The van der Waals surface area contributed by atoms with Gasteiger partial charge in [0.05, 0.1) is 5.69 Å². The van der Waals surface area contributed by atoms with Crippen LogP contribution in [0.15, 0.2) is 54.7 Å². The lowest BCUT2D eigenvalue weighted by molar-refractivity contribution is 0.343. The smallest absolute Gasteiger partial charge is 0.226 e. The Balaban J connectivity index is 1.49. The van der Waals surface area contributed by atoms with Crippen molar-refractivity contribution >= 4 is 16.7 Å². The molecule has 3 atom stereocenters. The van der Waals surface area contributed by atoms with Crippen molar-refractivity contribution in [2.24, 2.45) is 11.7 Å². The van der Waals surface area contributed by atoms with Crippen molar-refractivity contribution in [3.05, 3.63) is 54.7 Å². The minimum Gasteiger partial charge on any atom is -0.335 e. The number of nitrogens with two attached hydrogens (primary N) is 1. The van der Waals surface area contributed by atoms with Gasteiger partial charge in [-0.05, 0) is 61.1 Å². The second kappa shape index (κ2) is 6.36. The Labute approximate surface area is 154 Å². The maximum Gasteiger partial charge on any atom is 0.226 e. The van der Waals surface area contributed by atoms with Crippen molar-refractivity contribution in [3.8, 4) is 11.3 Å². The summed E-state index contributed by atoms with van der Waals surface area (Å²) in [5, 5.41) is 2.50. The predicted molar refractivity (Wildman–Crippen MR) is 106 cm³/mol. The second-order valence-electron chi connectivity index (χ2n) is 7.67. The highest BCUT2D eigenvalue weighted by molar-refractivity contribution is 5.86. The largest absolute Gasteiger partial charge is 0.335 e. The van der Waals surface area contributed by atoms with E-state index in [1.807, 2.05) is 12.3 Å². The first-order chi connectivity index (χ1) is 12.8. The van der Waals surface area contributed by atoms with E-state index in [0.717, 1.165) is 23.8 Å². The zero-order valence-corrected chi connectivity index (χ0v) is 14.9. The van der Waals surface area contributed by atoms with Gasteiger partial charge < -0.3 is 10.6 Å². The molecule has 2 saturated heterocycles. The Hall–Kier alpha value is -2.46. The molecular formula is C22H24N4. The molecule has 0 unspecified atom stereocenters. The maximum atomic E-state index is 5.94. The lowest BCUT2D eigenvalue weighted by Gasteiger charge is -2.38. The minimum absolute atomic E-state index is 0.550. The molecule has 0 aliphatic carbocycles. The van der Waals surface area contributed by atoms with Gasteiger partial charge in [-0.15, -0.1) is 0 Å². The van der Waals surface area contributed by atoms with Gasteiger partial charge in [-0.3, -0.25) is 0 Å². The molecule has 2 aliphatic heterocycles. The molecule has 4 heteroatoms. The zero-order chi connectivity index (χ0) is 17.5. The highest BCUT2D eigenvalue weighted by Crippen LogP contribution is 2.40. The quantitative estimate of drug-likeness (QED) is 0.780. The van der Waals surface area contributed by atoms with Crippen LogP contribution in [0.5, 0.6) is 0 Å². The van der Waals surface area contributed by atoms with Crippen molar-refractivity contribution in [1.29, 1.82) is 0 Å². The fourth-order valence-corrected chi connectivity index (χ4v) is 4.79. The summed E-state index contributed by atoms with van der Waals surface area (Å²) in [5.74, 6) is 1.55. The average Bonchev–Trinajstić information content (AvgIpc) is 2.97. The number of aromatic nitrogens is 2. The van der Waals surface area contributed by atoms with Gasteiger partial charge in [-0.2, -0.15) is 0 Å². The molecule has 1 aromatic heterocycles. The van der Waals surface area contributed by atoms with Crippen LogP contribution in [0.2, 0.25) is 0 Å². The molecule has 0 spiro atoms. The third-order valence-corrected chi connectivity index (χ3v) is 6.08. The Kier molecular flexibility index (Phi) is 3.86. The van der Waals surface area contributed by atoms with Crippen LogP contribution in [0.4, 0.5) is 5.95 Å². The van der Waals surface area contributed by atoms with Crippen molar-refractivity contribution < 1.29 is 0 Å². The van der Waals surface area contributed by atoms with Crippen molar-refractivity contribution in [3.63, 3.8) is 0 Å². The van der Waals surface area contributed by atoms with Crippen LogP contribution in [-0.4, -0.2) is 28.6 Å². The van der Waals surface area contributed by atoms with E-state index in [9.17, 15) is 0 Å². The summed E-state index contributed by atoms with van der Waals surface area (Å²) < 4.78 is 0. The first-order valence-corrected chi connectivity index (χ1v) is 9.62. The van der Waals surface area contributed by atoms with Crippen LogP contribution in [0.25, 0.3) is 22.0 Å². The molecule has 3 heterocycles. The molecule has 0 saturated carbocycles. The van der Waals surface area contributed by atoms with Crippen molar-refractivity contribution in [2.75, 3.05) is 11.4 Å². The summed E-state index contributed by atoms with van der Waals surface area (Å²) >= 11 is 0. The monoisotopic (exact) mass is 344 g/mol. The van der Waals surface area contributed by atoms with E-state index < -0.39 is 0 Å². The van der Waals surface area contributed by atoms with Gasteiger partial charge >= 0.3 is 0 Å². The van der Waals surface area contributed by atoms with Gasteiger partial charge in [0.25, 0.3) is 0 Å². The topological polar surface area (TPSA) is 55.0 Å². The minimum atomic E-state index is 0.550. The highest BCUT2D eigenvalue weighted by Gasteiger charge is 2.41. The number of rotatable bonds is 3. The van der Waals surface area contributed by atoms with E-state index in [2.05, 4.69) is 52.3 Å². The Morgan fingerprint density at radius 3 is 2.50 bits per heavy atom. The summed E-state index contributed by atoms with van der Waals surface area (Å²) in [7, 11) is 0. The van der Waals surface area contributed by atoms with Crippen LogP contribution < -0.4 is 10.6 Å². The molecule has 2 N–H and O–H groups in total. The Morgan fingerprint density at radius 1 is 0.962 bits per heavy atom. The van der Waals surface area contributed by atoms with Crippen LogP contribution in [0.3, 0.4) is 0 Å². The van der Waals surface area contributed by atoms with E-state index in [1.165, 1.54) is 36.5 Å². The predicted octanol–water partition coefficient (Wildman–Crippen LogP) is 4.00. The van der Waals surface area contributed by atoms with E-state index in [-0.39, 0.29) is 0 Å². The summed E-state index contributed by atoms with van der Waals surface area (Å²) in [6, 6.07) is 18.1. The molecule has 26 heavy (non-hydrogen) atoms. The normalized spacial score (nSPS) is 25.0. The molecule has 3 aromatic rings. The van der Waals surface area contributed by atoms with Gasteiger partial charge in [0.15, 0.2) is 0 Å². The molecule has 132 valence electrons. The molecular weight excluding hydrogens is 320 g/mol. The van der Waals surface area contributed by atoms with Crippen LogP contribution in [-0.2, 0) is 0 Å². The SMILES string of the molecule is NC[C@H]1C[C@H]2CC[C@@H](C1)N2c1nccc(-c2ccc3ccccc3c2)n1. The number of nitrogens with zero attached hydrogens (tertiary/aromatic N) is 3. The van der Waals surface area contributed by atoms with Gasteiger partial charge in [-0.25, -0.2) is 9.97 Å². The lowest BCUT2D eigenvalue weighted by Crippen LogP contribution is -2.45. The molecule has 0 radical (unpaired) electrons. The summed E-state index contributed by atoms with van der Waals surface area (Å²) in [6.07, 6.45) is 6.74. The average molecular weight is 344 g/mol. The van der Waals surface area contributed by atoms with Crippen molar-refractivity contribution in [2.45, 2.75) is 37.8 Å². The number of hydrogen-bond donors (Lipinski definition) is 1. The molecule has 2 fully saturated rings. The third kappa shape index (κ3) is 2.65. The summed E-state index contributed by atoms with van der Waals surface area (Å²) in [4.78, 5) is 12.0. The highest BCUT2D eigenvalue weighted by atomic mass is 15.3. The van der Waals surface area contributed by atoms with Gasteiger partial charge in [-0.1, -0.05) is 36.4 Å². The number of hydrogen-bond acceptors (Lipinski definition) is 4. The first kappa shape index (κ1) is 15.8. The number of benzene rings is 2. The molecule has 0 amide bonds. The zero-order valence-electron chi connectivity index (χ0n) is 14.9. The first-order valence-electron chi connectivity index (χ1n) is 9.62. The standard InChI is InChI=1S/C22H24N4/c23-14-15-11-19-7-8-20(12-15)26(19)22-24-10-9-21(25-22)18-6-5-16-3-1-2-4-17(16)13-18/h1-6,9-10,13,15,19-20H,7-8,11-12,14,23H2/t15-,19+,20-. The fraction of sp³-hybridized carbons (Fsp3) is 0.364. The third-order valence-electron chi connectivity index (χ3n) is 6.08. The number of fused-ring (bicyclic) bond motifs is 3. The van der Waals surface area contributed by atoms with E-state index >= 15 is 0 Å². The number of piperidine rings is 1. The Bertz CT molecular complexity index is 924. The molecule has 2 aliphatic rings. The molecule has 2 bridgehead atoms. The summed E-state index contributed by atoms with van der Waals surface area (Å²) in [5.41, 5.74) is 8.09. The Morgan fingerprint density at radius 2 is 1.73 bits per heavy atom. The molecule has 5 rings (SSSR count). The summed E-state index contributed by atoms with van der Waals surface area (Å²) in [6.45, 7) is 0.804. The number of anilines is 1. The maximum absolute atomic E-state index is 5.94. The van der Waals surface area contributed by atoms with Gasteiger partial charge in [0.1, 0.15) is 0 Å². The van der Waals surface area contributed by atoms with Crippen molar-refractivity contribution in [1.82, 2.24) is 9.97 Å². The van der Waals surface area contributed by atoms with Crippen LogP contribution in [0, 0.1) is 5.92 Å². The second-order valence-corrected chi connectivity index (χ2v) is 7.67.